The SMILES string of the molecule is CCC1(O)CN(c2nccc3cc(OC)c(OC)cc23)C1. The molecular formula is C16H20N2O3. The van der Waals surface area contributed by atoms with Crippen molar-refractivity contribution >= 4 is 16.6 Å². The average Bonchev–Trinajstić information content (AvgIpc) is 2.49. The maximum atomic E-state index is 10.2. The number of benzene rings is 1. The molecule has 1 saturated heterocycles. The van der Waals surface area contributed by atoms with Gasteiger partial charge < -0.3 is 19.5 Å². The Morgan fingerprint density at radius 2 is 1.90 bits per heavy atom. The molecule has 0 spiro atoms. The Hall–Kier alpha value is -2.01. The number of aliphatic hydroxyl groups is 1. The lowest BCUT2D eigenvalue weighted by atomic mass is 9.91. The fraction of sp³-hybridized carbons (Fsp3) is 0.438. The van der Waals surface area contributed by atoms with Crippen LogP contribution in [0.4, 0.5) is 5.82 Å². The minimum Gasteiger partial charge on any atom is -0.493 e. The first-order chi connectivity index (χ1) is 10.1. The highest BCUT2D eigenvalue weighted by Gasteiger charge is 2.40. The van der Waals surface area contributed by atoms with Crippen LogP contribution < -0.4 is 14.4 Å². The van der Waals surface area contributed by atoms with Crippen LogP contribution >= 0.6 is 0 Å². The van der Waals surface area contributed by atoms with Crippen LogP contribution in [0.15, 0.2) is 24.4 Å². The topological polar surface area (TPSA) is 54.8 Å². The molecule has 3 rings (SSSR count). The van der Waals surface area contributed by atoms with Crippen LogP contribution in [-0.2, 0) is 0 Å². The smallest absolute Gasteiger partial charge is 0.161 e. The molecule has 0 unspecified atom stereocenters. The van der Waals surface area contributed by atoms with Crippen LogP contribution in [0, 0.1) is 0 Å². The molecule has 0 radical (unpaired) electrons. The highest BCUT2D eigenvalue weighted by atomic mass is 16.5. The summed E-state index contributed by atoms with van der Waals surface area (Å²) >= 11 is 0. The van der Waals surface area contributed by atoms with Crippen molar-refractivity contribution in [2.75, 3.05) is 32.2 Å². The van der Waals surface area contributed by atoms with Crippen molar-refractivity contribution in [2.24, 2.45) is 0 Å². The number of pyridine rings is 1. The third-order valence-electron chi connectivity index (χ3n) is 4.18. The fourth-order valence-electron chi connectivity index (χ4n) is 2.77. The summed E-state index contributed by atoms with van der Waals surface area (Å²) in [6.45, 7) is 3.23. The molecule has 1 aromatic heterocycles. The second-order valence-corrected chi connectivity index (χ2v) is 5.50. The minimum atomic E-state index is -0.583. The lowest BCUT2D eigenvalue weighted by Crippen LogP contribution is -2.61. The lowest BCUT2D eigenvalue weighted by Gasteiger charge is -2.47. The molecule has 2 aromatic rings. The lowest BCUT2D eigenvalue weighted by molar-refractivity contribution is 0.00824. The minimum absolute atomic E-state index is 0.583. The van der Waals surface area contributed by atoms with Crippen LogP contribution in [0.3, 0.4) is 0 Å². The average molecular weight is 288 g/mol. The summed E-state index contributed by atoms with van der Waals surface area (Å²) in [4.78, 5) is 6.57. The van der Waals surface area contributed by atoms with Gasteiger partial charge in [-0.1, -0.05) is 6.92 Å². The molecule has 0 saturated carbocycles. The van der Waals surface area contributed by atoms with E-state index in [4.69, 9.17) is 9.47 Å². The number of hydrogen-bond donors (Lipinski definition) is 1. The molecule has 0 bridgehead atoms. The van der Waals surface area contributed by atoms with Gasteiger partial charge in [-0.2, -0.15) is 0 Å². The van der Waals surface area contributed by atoms with Gasteiger partial charge in [0.2, 0.25) is 0 Å². The first-order valence-electron chi connectivity index (χ1n) is 7.08. The van der Waals surface area contributed by atoms with E-state index in [-0.39, 0.29) is 0 Å². The number of aromatic nitrogens is 1. The standard InChI is InChI=1S/C16H20N2O3/c1-4-16(19)9-18(10-16)15-12-8-14(21-3)13(20-2)7-11(12)5-6-17-15/h5-8,19H,4,9-10H2,1-3H3. The van der Waals surface area contributed by atoms with E-state index in [0.717, 1.165) is 23.0 Å². The number of ether oxygens (including phenoxy) is 2. The monoisotopic (exact) mass is 288 g/mol. The first-order valence-corrected chi connectivity index (χ1v) is 7.08. The third kappa shape index (κ3) is 2.27. The molecule has 0 amide bonds. The largest absolute Gasteiger partial charge is 0.493 e. The zero-order chi connectivity index (χ0) is 15.0. The van der Waals surface area contributed by atoms with Gasteiger partial charge >= 0.3 is 0 Å². The van der Waals surface area contributed by atoms with Crippen LogP contribution in [-0.4, -0.2) is 43.0 Å². The van der Waals surface area contributed by atoms with Crippen molar-refractivity contribution in [3.8, 4) is 11.5 Å². The van der Waals surface area contributed by atoms with Gasteiger partial charge in [-0.25, -0.2) is 4.98 Å². The number of nitrogens with zero attached hydrogens (tertiary/aromatic N) is 2. The summed E-state index contributed by atoms with van der Waals surface area (Å²) in [6.07, 6.45) is 2.54. The second-order valence-electron chi connectivity index (χ2n) is 5.50. The number of methoxy groups -OCH3 is 2. The van der Waals surface area contributed by atoms with E-state index in [1.54, 1.807) is 20.4 Å². The van der Waals surface area contributed by atoms with E-state index in [1.807, 2.05) is 25.1 Å². The first kappa shape index (κ1) is 13.9. The summed E-state index contributed by atoms with van der Waals surface area (Å²) in [5, 5.41) is 12.2. The van der Waals surface area contributed by atoms with E-state index < -0.39 is 5.60 Å². The highest BCUT2D eigenvalue weighted by molar-refractivity contribution is 5.95. The maximum absolute atomic E-state index is 10.2. The Bertz CT molecular complexity index is 666. The van der Waals surface area contributed by atoms with E-state index in [1.165, 1.54) is 0 Å². The van der Waals surface area contributed by atoms with Crippen molar-refractivity contribution in [1.82, 2.24) is 4.98 Å². The van der Waals surface area contributed by atoms with E-state index in [9.17, 15) is 5.11 Å². The summed E-state index contributed by atoms with van der Waals surface area (Å²) in [5.41, 5.74) is -0.583. The molecule has 1 aromatic carbocycles. The van der Waals surface area contributed by atoms with Gasteiger partial charge in [-0.15, -0.1) is 0 Å². The summed E-state index contributed by atoms with van der Waals surface area (Å²) < 4.78 is 10.7. The van der Waals surface area contributed by atoms with Crippen molar-refractivity contribution in [1.29, 1.82) is 0 Å². The molecule has 1 fully saturated rings. The number of fused-ring (bicyclic) bond motifs is 1. The molecule has 1 aliphatic rings. The number of anilines is 1. The molecule has 0 aliphatic carbocycles. The van der Waals surface area contributed by atoms with Gasteiger partial charge in [0.15, 0.2) is 11.5 Å². The van der Waals surface area contributed by atoms with Crippen molar-refractivity contribution in [3.05, 3.63) is 24.4 Å². The fourth-order valence-corrected chi connectivity index (χ4v) is 2.77. The normalized spacial score (nSPS) is 16.7. The second kappa shape index (κ2) is 5.07. The summed E-state index contributed by atoms with van der Waals surface area (Å²) in [6, 6.07) is 5.84. The predicted molar refractivity (Wildman–Crippen MR) is 82.3 cm³/mol. The number of rotatable bonds is 4. The molecule has 2 heterocycles. The Kier molecular flexibility index (Phi) is 3.37. The van der Waals surface area contributed by atoms with Gasteiger partial charge in [0.1, 0.15) is 5.82 Å². The van der Waals surface area contributed by atoms with Crippen molar-refractivity contribution in [3.63, 3.8) is 0 Å². The van der Waals surface area contributed by atoms with Gasteiger partial charge in [0.05, 0.1) is 19.8 Å². The molecule has 0 atom stereocenters. The van der Waals surface area contributed by atoms with Gasteiger partial charge in [0.25, 0.3) is 0 Å². The van der Waals surface area contributed by atoms with E-state index in [2.05, 4.69) is 9.88 Å². The zero-order valence-electron chi connectivity index (χ0n) is 12.6. The number of β-amino-alcohol motifs (C(OH)–C–C–N with tert-alkyl or cyclic N) is 1. The van der Waals surface area contributed by atoms with E-state index in [0.29, 0.717) is 24.6 Å². The van der Waals surface area contributed by atoms with Gasteiger partial charge in [-0.05, 0) is 30.0 Å². The Morgan fingerprint density at radius 1 is 1.24 bits per heavy atom. The third-order valence-corrected chi connectivity index (χ3v) is 4.18. The summed E-state index contributed by atoms with van der Waals surface area (Å²) in [5.74, 6) is 2.27. The van der Waals surface area contributed by atoms with E-state index >= 15 is 0 Å². The number of hydrogen-bond acceptors (Lipinski definition) is 5. The van der Waals surface area contributed by atoms with Gasteiger partial charge in [0, 0.05) is 24.7 Å². The predicted octanol–water partition coefficient (Wildman–Crippen LogP) is 2.21. The Morgan fingerprint density at radius 3 is 2.52 bits per heavy atom. The van der Waals surface area contributed by atoms with Crippen molar-refractivity contribution in [2.45, 2.75) is 18.9 Å². The summed E-state index contributed by atoms with van der Waals surface area (Å²) in [7, 11) is 3.25. The molecule has 5 heteroatoms. The molecule has 21 heavy (non-hydrogen) atoms. The molecule has 1 aliphatic heterocycles. The van der Waals surface area contributed by atoms with Crippen molar-refractivity contribution < 1.29 is 14.6 Å². The zero-order valence-corrected chi connectivity index (χ0v) is 12.6. The molecular weight excluding hydrogens is 268 g/mol. The molecule has 1 N–H and O–H groups in total. The Labute approximate surface area is 124 Å². The quantitative estimate of drug-likeness (QED) is 0.935. The van der Waals surface area contributed by atoms with Crippen LogP contribution in [0.2, 0.25) is 0 Å². The maximum Gasteiger partial charge on any atom is 0.161 e. The van der Waals surface area contributed by atoms with Crippen LogP contribution in [0.1, 0.15) is 13.3 Å². The highest BCUT2D eigenvalue weighted by Crippen LogP contribution is 2.38. The molecule has 112 valence electrons. The van der Waals surface area contributed by atoms with Crippen LogP contribution in [0.5, 0.6) is 11.5 Å². The molecule has 5 nitrogen and oxygen atoms in total. The Balaban J connectivity index is 2.04. The van der Waals surface area contributed by atoms with Crippen LogP contribution in [0.25, 0.3) is 10.8 Å². The van der Waals surface area contributed by atoms with Gasteiger partial charge in [-0.3, -0.25) is 0 Å².